The summed E-state index contributed by atoms with van der Waals surface area (Å²) in [6.07, 6.45) is 1.07. The van der Waals surface area contributed by atoms with Gasteiger partial charge in [0.25, 0.3) is 0 Å². The van der Waals surface area contributed by atoms with Crippen molar-refractivity contribution in [1.29, 1.82) is 0 Å². The second-order valence-corrected chi connectivity index (χ2v) is 6.96. The van der Waals surface area contributed by atoms with Crippen LogP contribution in [0.1, 0.15) is 24.0 Å². The highest BCUT2D eigenvalue weighted by molar-refractivity contribution is 7.99. The van der Waals surface area contributed by atoms with Crippen LogP contribution in [0.4, 0.5) is 4.39 Å². The summed E-state index contributed by atoms with van der Waals surface area (Å²) in [6, 6.07) is 7.13. The zero-order chi connectivity index (χ0) is 14.4. The predicted octanol–water partition coefficient (Wildman–Crippen LogP) is 4.25. The van der Waals surface area contributed by atoms with Crippen LogP contribution in [0.25, 0.3) is 0 Å². The zero-order valence-corrected chi connectivity index (χ0v) is 13.4. The van der Waals surface area contributed by atoms with E-state index < -0.39 is 0 Å². The Labute approximate surface area is 127 Å². The van der Waals surface area contributed by atoms with E-state index in [2.05, 4.69) is 22.6 Å². The van der Waals surface area contributed by atoms with Crippen LogP contribution in [-0.2, 0) is 6.54 Å². The van der Waals surface area contributed by atoms with Crippen LogP contribution in [0, 0.1) is 12.7 Å². The molecule has 108 valence electrons. The van der Waals surface area contributed by atoms with Crippen molar-refractivity contribution in [2.75, 3.05) is 5.75 Å². The molecule has 20 heavy (non-hydrogen) atoms. The quantitative estimate of drug-likeness (QED) is 0.774. The second kappa shape index (κ2) is 7.76. The third-order valence-corrected chi connectivity index (χ3v) is 4.80. The normalized spacial score (nSPS) is 12.6. The van der Waals surface area contributed by atoms with Gasteiger partial charge in [-0.2, -0.15) is 0 Å². The average molecular weight is 310 g/mol. The molecule has 0 fully saturated rings. The smallest absolute Gasteiger partial charge is 0.123 e. The molecule has 0 radical (unpaired) electrons. The van der Waals surface area contributed by atoms with E-state index in [0.29, 0.717) is 6.04 Å². The first-order valence-electron chi connectivity index (χ1n) is 6.66. The minimum atomic E-state index is -0.178. The third kappa shape index (κ3) is 5.23. The fraction of sp³-hybridized carbons (Fsp3) is 0.400. The molecule has 0 aliphatic heterocycles. The van der Waals surface area contributed by atoms with E-state index in [4.69, 9.17) is 0 Å². The lowest BCUT2D eigenvalue weighted by Crippen LogP contribution is -2.26. The maximum Gasteiger partial charge on any atom is 0.123 e. The highest BCUT2D eigenvalue weighted by atomic mass is 32.2. The fourth-order valence-electron chi connectivity index (χ4n) is 1.75. The van der Waals surface area contributed by atoms with Gasteiger partial charge in [0.1, 0.15) is 5.82 Å². The topological polar surface area (TPSA) is 24.9 Å². The van der Waals surface area contributed by atoms with E-state index in [9.17, 15) is 4.39 Å². The Hall–Kier alpha value is -0.910. The number of hydrogen-bond acceptors (Lipinski definition) is 4. The van der Waals surface area contributed by atoms with Gasteiger partial charge >= 0.3 is 0 Å². The van der Waals surface area contributed by atoms with Crippen LogP contribution in [0.2, 0.25) is 0 Å². The number of rotatable bonds is 7. The molecular formula is C15H19FN2S2. The van der Waals surface area contributed by atoms with E-state index >= 15 is 0 Å². The largest absolute Gasteiger partial charge is 0.309 e. The zero-order valence-electron chi connectivity index (χ0n) is 11.7. The lowest BCUT2D eigenvalue weighted by molar-refractivity contribution is 0.533. The van der Waals surface area contributed by atoms with Crippen LogP contribution in [0.3, 0.4) is 0 Å². The molecule has 0 saturated heterocycles. The lowest BCUT2D eigenvalue weighted by atomic mass is 10.2. The molecule has 1 unspecified atom stereocenters. The van der Waals surface area contributed by atoms with Crippen molar-refractivity contribution >= 4 is 23.1 Å². The number of nitrogens with zero attached hydrogens (tertiary/aromatic N) is 1. The summed E-state index contributed by atoms with van der Waals surface area (Å²) in [4.78, 5) is 5.55. The van der Waals surface area contributed by atoms with Crippen LogP contribution in [-0.4, -0.2) is 16.8 Å². The van der Waals surface area contributed by atoms with Gasteiger partial charge in [0.15, 0.2) is 0 Å². The van der Waals surface area contributed by atoms with Crippen LogP contribution in [0.5, 0.6) is 0 Å². The Balaban J connectivity index is 1.65. The van der Waals surface area contributed by atoms with Gasteiger partial charge in [-0.15, -0.1) is 23.1 Å². The number of halogens is 1. The van der Waals surface area contributed by atoms with Gasteiger partial charge in [-0.25, -0.2) is 9.37 Å². The number of benzene rings is 1. The van der Waals surface area contributed by atoms with E-state index in [0.717, 1.165) is 34.3 Å². The van der Waals surface area contributed by atoms with E-state index in [1.165, 1.54) is 12.1 Å². The summed E-state index contributed by atoms with van der Waals surface area (Å²) in [5.74, 6) is 0.846. The molecule has 0 bridgehead atoms. The minimum absolute atomic E-state index is 0.178. The van der Waals surface area contributed by atoms with Crippen LogP contribution < -0.4 is 5.32 Å². The Morgan fingerprint density at radius 2 is 2.10 bits per heavy atom. The van der Waals surface area contributed by atoms with E-state index in [-0.39, 0.29) is 5.82 Å². The van der Waals surface area contributed by atoms with Crippen LogP contribution >= 0.6 is 23.1 Å². The van der Waals surface area contributed by atoms with Crippen molar-refractivity contribution < 1.29 is 4.39 Å². The van der Waals surface area contributed by atoms with E-state index in [1.54, 1.807) is 23.1 Å². The molecule has 0 spiro atoms. The number of thiazole rings is 1. The highest BCUT2D eigenvalue weighted by Crippen LogP contribution is 2.19. The molecule has 1 aromatic heterocycles. The van der Waals surface area contributed by atoms with Crippen molar-refractivity contribution in [3.63, 3.8) is 0 Å². The van der Waals surface area contributed by atoms with Gasteiger partial charge < -0.3 is 5.32 Å². The van der Waals surface area contributed by atoms with Gasteiger partial charge in [-0.05, 0) is 50.3 Å². The number of aryl methyl sites for hydroxylation is 1. The Bertz CT molecular complexity index is 525. The molecular weight excluding hydrogens is 291 g/mol. The lowest BCUT2D eigenvalue weighted by Gasteiger charge is -2.12. The first-order valence-corrected chi connectivity index (χ1v) is 8.53. The molecule has 5 heteroatoms. The minimum Gasteiger partial charge on any atom is -0.309 e. The summed E-state index contributed by atoms with van der Waals surface area (Å²) >= 11 is 3.45. The maximum atomic E-state index is 12.8. The van der Waals surface area contributed by atoms with Gasteiger partial charge in [0.05, 0.1) is 10.7 Å². The van der Waals surface area contributed by atoms with E-state index in [1.807, 2.05) is 19.1 Å². The number of aromatic nitrogens is 1. The standard InChI is InChI=1S/C15H19FN2S2/c1-11(17-9-14-10-20-12(2)18-14)7-8-19-15-5-3-13(16)4-6-15/h3-6,10-11,17H,7-9H2,1-2H3. The van der Waals surface area contributed by atoms with Gasteiger partial charge in [-0.1, -0.05) is 0 Å². The molecule has 1 atom stereocenters. The fourth-order valence-corrected chi connectivity index (χ4v) is 3.40. The summed E-state index contributed by atoms with van der Waals surface area (Å²) in [5.41, 5.74) is 1.12. The van der Waals surface area contributed by atoms with Gasteiger partial charge in [-0.3, -0.25) is 0 Å². The Kier molecular flexibility index (Phi) is 6.01. The van der Waals surface area contributed by atoms with Crippen molar-refractivity contribution in [2.24, 2.45) is 0 Å². The molecule has 0 amide bonds. The van der Waals surface area contributed by atoms with Gasteiger partial charge in [0.2, 0.25) is 0 Å². The van der Waals surface area contributed by atoms with Crippen LogP contribution in [0.15, 0.2) is 34.5 Å². The number of hydrogen-bond donors (Lipinski definition) is 1. The summed E-state index contributed by atoms with van der Waals surface area (Å²) in [7, 11) is 0. The summed E-state index contributed by atoms with van der Waals surface area (Å²) in [5, 5.41) is 6.69. The number of thioether (sulfide) groups is 1. The average Bonchev–Trinajstić information content (AvgIpc) is 2.85. The third-order valence-electron chi connectivity index (χ3n) is 2.93. The van der Waals surface area contributed by atoms with Crippen molar-refractivity contribution in [3.8, 4) is 0 Å². The Morgan fingerprint density at radius 3 is 2.75 bits per heavy atom. The Morgan fingerprint density at radius 1 is 1.35 bits per heavy atom. The van der Waals surface area contributed by atoms with Crippen molar-refractivity contribution in [1.82, 2.24) is 10.3 Å². The monoisotopic (exact) mass is 310 g/mol. The molecule has 2 nitrogen and oxygen atoms in total. The molecule has 1 heterocycles. The van der Waals surface area contributed by atoms with Crippen molar-refractivity contribution in [2.45, 2.75) is 37.8 Å². The molecule has 0 aliphatic carbocycles. The predicted molar refractivity (Wildman–Crippen MR) is 84.9 cm³/mol. The summed E-state index contributed by atoms with van der Waals surface area (Å²) < 4.78 is 12.8. The SMILES string of the molecule is Cc1nc(CNC(C)CCSc2ccc(F)cc2)cs1. The number of nitrogens with one attached hydrogen (secondary N) is 1. The molecule has 1 N–H and O–H groups in total. The molecule has 0 aliphatic rings. The molecule has 1 aromatic carbocycles. The summed E-state index contributed by atoms with van der Waals surface area (Å²) in [6.45, 7) is 5.04. The second-order valence-electron chi connectivity index (χ2n) is 4.73. The maximum absolute atomic E-state index is 12.8. The first-order chi connectivity index (χ1) is 9.63. The van der Waals surface area contributed by atoms with Gasteiger partial charge in [0, 0.05) is 22.9 Å². The van der Waals surface area contributed by atoms with Crippen molar-refractivity contribution in [3.05, 3.63) is 46.2 Å². The first kappa shape index (κ1) is 15.5. The molecule has 2 rings (SSSR count). The highest BCUT2D eigenvalue weighted by Gasteiger charge is 2.04. The molecule has 2 aromatic rings. The molecule has 0 saturated carbocycles.